The lowest BCUT2D eigenvalue weighted by molar-refractivity contribution is -1.02. The molecule has 0 saturated carbocycles. The second-order valence-electron chi connectivity index (χ2n) is 7.89. The van der Waals surface area contributed by atoms with Gasteiger partial charge in [-0.15, -0.1) is 0 Å². The van der Waals surface area contributed by atoms with E-state index >= 15 is 0 Å². The maximum atomic E-state index is 13.1. The smallest absolute Gasteiger partial charge is 0.416 e. The zero-order chi connectivity index (χ0) is 21.3. The number of phenols is 1. The Bertz CT molecular complexity index is 1010. The van der Waals surface area contributed by atoms with Crippen LogP contribution in [0.4, 0.5) is 13.2 Å². The number of pyridine rings is 1. The molecule has 0 unspecified atom stereocenters. The van der Waals surface area contributed by atoms with Crippen molar-refractivity contribution in [1.82, 2.24) is 4.98 Å². The maximum Gasteiger partial charge on any atom is 0.416 e. The number of aromatic nitrogens is 1. The first-order valence-electron chi connectivity index (χ1n) is 10.3. The minimum absolute atomic E-state index is 0.107. The first-order valence-corrected chi connectivity index (χ1v) is 10.3. The third kappa shape index (κ3) is 4.00. The molecule has 3 N–H and O–H groups in total. The highest BCUT2D eigenvalue weighted by Crippen LogP contribution is 2.35. The number of piperazine rings is 1. The standard InChI is InChI=1S/C23H24F3N3O/c1-2-28-12-14-29(15-13-28)21(17-5-8-18(9-6-17)23(24,25)26)19-10-7-16-4-3-11-27-20(16)22(19)30/h3-11,21,30H,2,12-15H2,1H3/p+2/t21-/m1/s1. The number of likely N-dealkylation sites (N-methyl/N-ethyl adjacent to an activating group) is 1. The van der Waals surface area contributed by atoms with E-state index in [-0.39, 0.29) is 11.8 Å². The summed E-state index contributed by atoms with van der Waals surface area (Å²) in [5.41, 5.74) is 1.33. The van der Waals surface area contributed by atoms with Crippen molar-refractivity contribution in [1.29, 1.82) is 0 Å². The Hall–Kier alpha value is -2.64. The van der Waals surface area contributed by atoms with Crippen LogP contribution in [-0.2, 0) is 6.18 Å². The second-order valence-corrected chi connectivity index (χ2v) is 7.89. The molecule has 0 radical (unpaired) electrons. The summed E-state index contributed by atoms with van der Waals surface area (Å²) in [6, 6.07) is 12.6. The molecule has 0 amide bonds. The molecule has 1 aromatic heterocycles. The average molecular weight is 417 g/mol. The predicted octanol–water partition coefficient (Wildman–Crippen LogP) is 1.85. The van der Waals surface area contributed by atoms with Crippen LogP contribution in [0.25, 0.3) is 10.9 Å². The van der Waals surface area contributed by atoms with Gasteiger partial charge in [0.25, 0.3) is 0 Å². The number of hydrogen-bond donors (Lipinski definition) is 3. The van der Waals surface area contributed by atoms with E-state index in [1.807, 2.05) is 24.3 Å². The molecule has 1 aliphatic rings. The lowest BCUT2D eigenvalue weighted by Gasteiger charge is -2.35. The number of quaternary nitrogens is 2. The summed E-state index contributed by atoms with van der Waals surface area (Å²) in [7, 11) is 0. The van der Waals surface area contributed by atoms with Gasteiger partial charge >= 0.3 is 6.18 Å². The molecule has 158 valence electrons. The van der Waals surface area contributed by atoms with Gasteiger partial charge in [0.1, 0.15) is 37.7 Å². The molecule has 0 spiro atoms. The van der Waals surface area contributed by atoms with E-state index in [1.165, 1.54) is 9.80 Å². The molecule has 2 aromatic carbocycles. The van der Waals surface area contributed by atoms with E-state index in [9.17, 15) is 18.3 Å². The highest BCUT2D eigenvalue weighted by molar-refractivity contribution is 5.85. The summed E-state index contributed by atoms with van der Waals surface area (Å²) < 4.78 is 39.2. The molecule has 4 rings (SSSR count). The van der Waals surface area contributed by atoms with Crippen LogP contribution in [0.15, 0.2) is 54.7 Å². The van der Waals surface area contributed by atoms with Crippen molar-refractivity contribution in [3.8, 4) is 5.75 Å². The number of hydrogen-bond acceptors (Lipinski definition) is 2. The molecule has 2 heterocycles. The Morgan fingerprint density at radius 3 is 2.33 bits per heavy atom. The van der Waals surface area contributed by atoms with Gasteiger partial charge < -0.3 is 14.9 Å². The molecular formula is C23H26F3N3O+2. The number of fused-ring (bicyclic) bond motifs is 1. The molecule has 3 aromatic rings. The van der Waals surface area contributed by atoms with E-state index in [0.717, 1.165) is 55.8 Å². The van der Waals surface area contributed by atoms with E-state index in [4.69, 9.17) is 0 Å². The lowest BCUT2D eigenvalue weighted by atomic mass is 9.93. The van der Waals surface area contributed by atoms with Gasteiger partial charge in [0, 0.05) is 17.1 Å². The van der Waals surface area contributed by atoms with Gasteiger partial charge in [-0.2, -0.15) is 13.2 Å². The predicted molar refractivity (Wildman–Crippen MR) is 109 cm³/mol. The number of rotatable bonds is 4. The summed E-state index contributed by atoms with van der Waals surface area (Å²) in [5, 5.41) is 11.9. The molecule has 30 heavy (non-hydrogen) atoms. The molecule has 7 heteroatoms. The summed E-state index contributed by atoms with van der Waals surface area (Å²) >= 11 is 0. The Balaban J connectivity index is 1.77. The van der Waals surface area contributed by atoms with Crippen LogP contribution >= 0.6 is 0 Å². The first kappa shape index (κ1) is 20.6. The fourth-order valence-electron chi connectivity index (χ4n) is 4.44. The summed E-state index contributed by atoms with van der Waals surface area (Å²) in [6.45, 7) is 6.98. The number of benzene rings is 2. The van der Waals surface area contributed by atoms with Crippen LogP contribution in [0, 0.1) is 0 Å². The Morgan fingerprint density at radius 1 is 1.00 bits per heavy atom. The molecular weight excluding hydrogens is 391 g/mol. The molecule has 0 bridgehead atoms. The van der Waals surface area contributed by atoms with Gasteiger partial charge in [-0.05, 0) is 31.2 Å². The zero-order valence-corrected chi connectivity index (χ0v) is 16.8. The lowest BCUT2D eigenvalue weighted by Crippen LogP contribution is -3.28. The summed E-state index contributed by atoms with van der Waals surface area (Å²) in [5.74, 6) is 0.107. The van der Waals surface area contributed by atoms with Gasteiger partial charge in [0.15, 0.2) is 5.75 Å². The van der Waals surface area contributed by atoms with Gasteiger partial charge in [-0.1, -0.05) is 24.3 Å². The molecule has 4 nitrogen and oxygen atoms in total. The van der Waals surface area contributed by atoms with Crippen molar-refractivity contribution in [2.75, 3.05) is 32.7 Å². The number of phenolic OH excluding ortho intramolecular Hbond substituents is 1. The number of halogens is 3. The van der Waals surface area contributed by atoms with Gasteiger partial charge in [0.2, 0.25) is 0 Å². The minimum atomic E-state index is -4.37. The van der Waals surface area contributed by atoms with Crippen LogP contribution in [-0.4, -0.2) is 42.8 Å². The van der Waals surface area contributed by atoms with E-state index in [0.29, 0.717) is 11.1 Å². The van der Waals surface area contributed by atoms with Gasteiger partial charge in [0.05, 0.1) is 17.7 Å². The van der Waals surface area contributed by atoms with E-state index in [2.05, 4.69) is 11.9 Å². The third-order valence-corrected chi connectivity index (χ3v) is 6.17. The Morgan fingerprint density at radius 2 is 1.70 bits per heavy atom. The normalized spacial score (nSPS) is 20.9. The fraction of sp³-hybridized carbons (Fsp3) is 0.348. The number of nitrogens with zero attached hydrogens (tertiary/aromatic N) is 1. The second kappa shape index (κ2) is 8.24. The van der Waals surface area contributed by atoms with Crippen molar-refractivity contribution in [2.24, 2.45) is 0 Å². The van der Waals surface area contributed by atoms with E-state index in [1.54, 1.807) is 18.3 Å². The monoisotopic (exact) mass is 417 g/mol. The van der Waals surface area contributed by atoms with Crippen LogP contribution in [0.3, 0.4) is 0 Å². The van der Waals surface area contributed by atoms with Crippen LogP contribution < -0.4 is 9.80 Å². The van der Waals surface area contributed by atoms with Crippen LogP contribution in [0.5, 0.6) is 5.75 Å². The van der Waals surface area contributed by atoms with Crippen molar-refractivity contribution >= 4 is 10.9 Å². The fourth-order valence-corrected chi connectivity index (χ4v) is 4.44. The van der Waals surface area contributed by atoms with Crippen molar-refractivity contribution in [3.63, 3.8) is 0 Å². The topological polar surface area (TPSA) is 42.0 Å². The highest BCUT2D eigenvalue weighted by Gasteiger charge is 2.35. The number of alkyl halides is 3. The highest BCUT2D eigenvalue weighted by atomic mass is 19.4. The Kier molecular flexibility index (Phi) is 5.66. The summed E-state index contributed by atoms with van der Waals surface area (Å²) in [4.78, 5) is 7.09. The zero-order valence-electron chi connectivity index (χ0n) is 16.8. The number of aromatic hydroxyl groups is 1. The van der Waals surface area contributed by atoms with Crippen molar-refractivity contribution in [2.45, 2.75) is 19.1 Å². The van der Waals surface area contributed by atoms with Crippen molar-refractivity contribution < 1.29 is 28.1 Å². The number of nitrogens with one attached hydrogen (secondary N) is 2. The third-order valence-electron chi connectivity index (χ3n) is 6.17. The van der Waals surface area contributed by atoms with Gasteiger partial charge in [-0.3, -0.25) is 4.98 Å². The Labute approximate surface area is 173 Å². The minimum Gasteiger partial charge on any atom is -0.505 e. The summed E-state index contributed by atoms with van der Waals surface area (Å²) in [6.07, 6.45) is -2.73. The maximum absolute atomic E-state index is 13.1. The first-order chi connectivity index (χ1) is 14.4. The SMILES string of the molecule is CC[NH+]1CC[NH+]([C@H](c2ccc(C(F)(F)F)cc2)c2ccc3cccnc3c2O)CC1. The quantitative estimate of drug-likeness (QED) is 0.607. The molecule has 1 atom stereocenters. The van der Waals surface area contributed by atoms with Gasteiger partial charge in [-0.25, -0.2) is 0 Å². The molecule has 1 aliphatic heterocycles. The molecule has 0 aliphatic carbocycles. The average Bonchev–Trinajstić information content (AvgIpc) is 2.76. The van der Waals surface area contributed by atoms with Crippen molar-refractivity contribution in [3.05, 3.63) is 71.4 Å². The van der Waals surface area contributed by atoms with E-state index < -0.39 is 11.7 Å². The molecule has 1 saturated heterocycles. The van der Waals surface area contributed by atoms with Crippen LogP contribution in [0.1, 0.15) is 29.7 Å². The van der Waals surface area contributed by atoms with Crippen LogP contribution in [0.2, 0.25) is 0 Å². The molecule has 1 fully saturated rings. The largest absolute Gasteiger partial charge is 0.505 e.